The molecule has 2 fully saturated rings. The number of thiocarbonyl (C=S) groups is 1. The van der Waals surface area contributed by atoms with Crippen molar-refractivity contribution in [1.29, 1.82) is 0 Å². The maximum Gasteiger partial charge on any atom is 0.243 e. The zero-order valence-electron chi connectivity index (χ0n) is 17.4. The summed E-state index contributed by atoms with van der Waals surface area (Å²) < 4.78 is 38.4. The first-order valence-electron chi connectivity index (χ1n) is 10.6. The molecule has 0 aliphatic carbocycles. The van der Waals surface area contributed by atoms with E-state index < -0.39 is 10.0 Å². The molecule has 0 radical (unpaired) electrons. The lowest BCUT2D eigenvalue weighted by atomic mass is 10.1. The van der Waals surface area contributed by atoms with Crippen LogP contribution in [0.4, 0.5) is 11.4 Å². The lowest BCUT2D eigenvalue weighted by Gasteiger charge is -2.31. The van der Waals surface area contributed by atoms with E-state index in [9.17, 15) is 8.42 Å². The maximum absolute atomic E-state index is 13.2. The van der Waals surface area contributed by atoms with Crippen molar-refractivity contribution in [3.63, 3.8) is 0 Å². The molecule has 31 heavy (non-hydrogen) atoms. The van der Waals surface area contributed by atoms with E-state index in [1.54, 1.807) is 18.4 Å². The highest BCUT2D eigenvalue weighted by atomic mass is 32.2. The molecule has 10 heteroatoms. The number of ether oxygens (including phenoxy) is 1. The Labute approximate surface area is 188 Å². The fourth-order valence-electron chi connectivity index (χ4n) is 3.87. The van der Waals surface area contributed by atoms with E-state index in [0.717, 1.165) is 37.4 Å². The second-order valence-corrected chi connectivity index (χ2v) is 9.98. The number of morpholine rings is 1. The van der Waals surface area contributed by atoms with Gasteiger partial charge in [-0.25, -0.2) is 8.42 Å². The van der Waals surface area contributed by atoms with E-state index in [4.69, 9.17) is 21.4 Å². The monoisotopic (exact) mass is 464 g/mol. The predicted octanol–water partition coefficient (Wildman–Crippen LogP) is 2.78. The van der Waals surface area contributed by atoms with Crippen molar-refractivity contribution in [3.05, 3.63) is 42.4 Å². The van der Waals surface area contributed by atoms with Crippen LogP contribution in [0.5, 0.6) is 0 Å². The van der Waals surface area contributed by atoms with E-state index in [0.29, 0.717) is 43.6 Å². The number of nitrogens with zero attached hydrogens (tertiary/aromatic N) is 2. The van der Waals surface area contributed by atoms with Crippen LogP contribution in [0.15, 0.2) is 45.9 Å². The van der Waals surface area contributed by atoms with E-state index in [-0.39, 0.29) is 4.90 Å². The largest absolute Gasteiger partial charge is 0.467 e. The zero-order chi connectivity index (χ0) is 21.7. The van der Waals surface area contributed by atoms with Crippen LogP contribution >= 0.6 is 12.2 Å². The second-order valence-electron chi connectivity index (χ2n) is 7.63. The fourth-order valence-corrected chi connectivity index (χ4v) is 5.49. The van der Waals surface area contributed by atoms with Crippen molar-refractivity contribution in [1.82, 2.24) is 9.62 Å². The number of hydrogen-bond acceptors (Lipinski definition) is 6. The molecule has 2 aromatic rings. The normalized spacial score (nSPS) is 18.0. The quantitative estimate of drug-likeness (QED) is 0.631. The first-order chi connectivity index (χ1) is 15.0. The van der Waals surface area contributed by atoms with Gasteiger partial charge in [-0.3, -0.25) is 0 Å². The van der Waals surface area contributed by atoms with Crippen molar-refractivity contribution in [3.8, 4) is 0 Å². The third-order valence-electron chi connectivity index (χ3n) is 5.52. The SMILES string of the molecule is O=S(=O)(c1ccc(N2CCCCC2)c(NC(=S)NCc2ccco2)c1)N1CCOCC1. The molecule has 0 bridgehead atoms. The number of anilines is 2. The molecule has 4 rings (SSSR count). The van der Waals surface area contributed by atoms with E-state index >= 15 is 0 Å². The average molecular weight is 465 g/mol. The zero-order valence-corrected chi connectivity index (χ0v) is 19.0. The Morgan fingerprint density at radius 1 is 1.06 bits per heavy atom. The summed E-state index contributed by atoms with van der Waals surface area (Å²) in [6, 6.07) is 8.96. The predicted molar refractivity (Wildman–Crippen MR) is 124 cm³/mol. The van der Waals surface area contributed by atoms with Crippen LogP contribution in [0.2, 0.25) is 0 Å². The summed E-state index contributed by atoms with van der Waals surface area (Å²) in [5.41, 5.74) is 1.65. The van der Waals surface area contributed by atoms with Crippen LogP contribution < -0.4 is 15.5 Å². The Kier molecular flexibility index (Phi) is 7.11. The summed E-state index contributed by atoms with van der Waals surface area (Å²) >= 11 is 5.47. The molecular weight excluding hydrogens is 436 g/mol. The molecule has 0 saturated carbocycles. The van der Waals surface area contributed by atoms with Crippen LogP contribution in [-0.2, 0) is 21.3 Å². The minimum atomic E-state index is -3.60. The summed E-state index contributed by atoms with van der Waals surface area (Å²) in [5, 5.41) is 6.74. The van der Waals surface area contributed by atoms with Gasteiger partial charge in [-0.2, -0.15) is 4.31 Å². The topological polar surface area (TPSA) is 87.1 Å². The standard InChI is InChI=1S/C21H28N4O4S2/c26-31(27,25-10-13-28-14-11-25)18-6-7-20(24-8-2-1-3-9-24)19(15-18)23-21(30)22-16-17-5-4-12-29-17/h4-7,12,15H,1-3,8-11,13-14,16H2,(H2,22,23,30). The van der Waals surface area contributed by atoms with Gasteiger partial charge >= 0.3 is 0 Å². The number of sulfonamides is 1. The lowest BCUT2D eigenvalue weighted by Crippen LogP contribution is -2.40. The van der Waals surface area contributed by atoms with Gasteiger partial charge < -0.3 is 24.7 Å². The molecular formula is C21H28N4O4S2. The molecule has 1 aromatic carbocycles. The number of rotatable bonds is 6. The van der Waals surface area contributed by atoms with Gasteiger partial charge in [0.25, 0.3) is 0 Å². The molecule has 0 unspecified atom stereocenters. The number of piperidine rings is 1. The van der Waals surface area contributed by atoms with Crippen LogP contribution in [0, 0.1) is 0 Å². The minimum absolute atomic E-state index is 0.256. The summed E-state index contributed by atoms with van der Waals surface area (Å²) in [5.74, 6) is 0.768. The Bertz CT molecular complexity index is 983. The Morgan fingerprint density at radius 2 is 1.84 bits per heavy atom. The second kappa shape index (κ2) is 9.99. The molecule has 0 spiro atoms. The van der Waals surface area contributed by atoms with Gasteiger partial charge in [0, 0.05) is 26.2 Å². The molecule has 0 amide bonds. The van der Waals surface area contributed by atoms with Crippen molar-refractivity contribution < 1.29 is 17.6 Å². The third kappa shape index (κ3) is 5.38. The molecule has 3 heterocycles. The van der Waals surface area contributed by atoms with Crippen molar-refractivity contribution >= 4 is 38.7 Å². The van der Waals surface area contributed by atoms with Crippen LogP contribution in [0.25, 0.3) is 0 Å². The van der Waals surface area contributed by atoms with Gasteiger partial charge in [0.1, 0.15) is 5.76 Å². The molecule has 2 aliphatic rings. The van der Waals surface area contributed by atoms with Gasteiger partial charge in [0.05, 0.1) is 42.3 Å². The Hall–Kier alpha value is -2.14. The lowest BCUT2D eigenvalue weighted by molar-refractivity contribution is 0.0730. The number of furan rings is 1. The van der Waals surface area contributed by atoms with Crippen LogP contribution in [0.3, 0.4) is 0 Å². The summed E-state index contributed by atoms with van der Waals surface area (Å²) in [6.45, 7) is 3.88. The Balaban J connectivity index is 1.57. The number of benzene rings is 1. The molecule has 0 atom stereocenters. The van der Waals surface area contributed by atoms with Crippen LogP contribution in [0.1, 0.15) is 25.0 Å². The van der Waals surface area contributed by atoms with Crippen molar-refractivity contribution in [2.45, 2.75) is 30.7 Å². The van der Waals surface area contributed by atoms with Gasteiger partial charge in [-0.15, -0.1) is 0 Å². The van der Waals surface area contributed by atoms with Crippen LogP contribution in [-0.4, -0.2) is 57.2 Å². The summed E-state index contributed by atoms with van der Waals surface area (Å²) in [4.78, 5) is 2.54. The molecule has 1 aromatic heterocycles. The number of hydrogen-bond donors (Lipinski definition) is 2. The number of nitrogens with one attached hydrogen (secondary N) is 2. The summed E-state index contributed by atoms with van der Waals surface area (Å²) in [6.07, 6.45) is 5.07. The van der Waals surface area contributed by atoms with Gasteiger partial charge in [0.2, 0.25) is 10.0 Å². The van der Waals surface area contributed by atoms with E-state index in [1.807, 2.05) is 18.2 Å². The highest BCUT2D eigenvalue weighted by Gasteiger charge is 2.27. The average Bonchev–Trinajstić information content (AvgIpc) is 3.33. The maximum atomic E-state index is 13.2. The van der Waals surface area contributed by atoms with Crippen molar-refractivity contribution in [2.75, 3.05) is 49.6 Å². The first kappa shape index (κ1) is 22.1. The molecule has 168 valence electrons. The van der Waals surface area contributed by atoms with E-state index in [1.165, 1.54) is 10.7 Å². The molecule has 2 N–H and O–H groups in total. The van der Waals surface area contributed by atoms with E-state index in [2.05, 4.69) is 15.5 Å². The van der Waals surface area contributed by atoms with Crippen molar-refractivity contribution in [2.24, 2.45) is 0 Å². The highest BCUT2D eigenvalue weighted by molar-refractivity contribution is 7.89. The van der Waals surface area contributed by atoms with Gasteiger partial charge in [0.15, 0.2) is 5.11 Å². The Morgan fingerprint density at radius 3 is 2.55 bits per heavy atom. The third-order valence-corrected chi connectivity index (χ3v) is 7.67. The minimum Gasteiger partial charge on any atom is -0.467 e. The van der Waals surface area contributed by atoms with Gasteiger partial charge in [-0.05, 0) is 61.8 Å². The smallest absolute Gasteiger partial charge is 0.243 e. The highest BCUT2D eigenvalue weighted by Crippen LogP contribution is 2.32. The first-order valence-corrected chi connectivity index (χ1v) is 12.4. The molecule has 8 nitrogen and oxygen atoms in total. The summed E-state index contributed by atoms with van der Waals surface area (Å²) in [7, 11) is -3.60. The fraction of sp³-hybridized carbons (Fsp3) is 0.476. The molecule has 2 saturated heterocycles. The van der Waals surface area contributed by atoms with Gasteiger partial charge in [-0.1, -0.05) is 0 Å². The molecule has 2 aliphatic heterocycles.